The maximum absolute atomic E-state index is 12.6. The van der Waals surface area contributed by atoms with Crippen molar-refractivity contribution in [2.45, 2.75) is 12.3 Å². The van der Waals surface area contributed by atoms with E-state index in [0.717, 1.165) is 5.56 Å². The molecule has 9 heteroatoms. The van der Waals surface area contributed by atoms with E-state index in [1.165, 1.54) is 11.4 Å². The van der Waals surface area contributed by atoms with Crippen molar-refractivity contribution in [1.82, 2.24) is 14.4 Å². The van der Waals surface area contributed by atoms with Gasteiger partial charge in [-0.05, 0) is 35.9 Å². The molecule has 27 heavy (non-hydrogen) atoms. The lowest BCUT2D eigenvalue weighted by atomic mass is 10.2. The molecule has 0 saturated heterocycles. The number of rotatable bonds is 7. The minimum Gasteiger partial charge on any atom is -0.497 e. The van der Waals surface area contributed by atoms with Gasteiger partial charge in [0.25, 0.3) is 0 Å². The summed E-state index contributed by atoms with van der Waals surface area (Å²) in [5.41, 5.74) is 1.28. The number of ether oxygens (including phenoxy) is 1. The Morgan fingerprint density at radius 3 is 2.52 bits per heavy atom. The second-order valence-corrected chi connectivity index (χ2v) is 8.33. The molecule has 0 unspecified atom stereocenters. The maximum atomic E-state index is 12.6. The Balaban J connectivity index is 1.71. The number of aromatic nitrogens is 2. The van der Waals surface area contributed by atoms with Gasteiger partial charge in [-0.2, -0.15) is 9.29 Å². The molecular formula is C18H18ClN3O4S. The van der Waals surface area contributed by atoms with Crippen molar-refractivity contribution >= 4 is 21.6 Å². The van der Waals surface area contributed by atoms with Gasteiger partial charge in [0.2, 0.25) is 21.7 Å². The average Bonchev–Trinajstić information content (AvgIpc) is 3.12. The quantitative estimate of drug-likeness (QED) is 0.597. The molecule has 0 N–H and O–H groups in total. The zero-order chi connectivity index (χ0) is 19.4. The Bertz CT molecular complexity index is 1020. The molecule has 142 valence electrons. The lowest BCUT2D eigenvalue weighted by Crippen LogP contribution is -2.28. The van der Waals surface area contributed by atoms with Crippen LogP contribution in [0.2, 0.25) is 5.02 Å². The first kappa shape index (κ1) is 19.3. The van der Waals surface area contributed by atoms with Crippen molar-refractivity contribution < 1.29 is 17.7 Å². The second-order valence-electron chi connectivity index (χ2n) is 5.84. The SMILES string of the molecule is COc1ccc(-c2noc(CN(C)S(=O)(=O)Cc3ccccc3Cl)n2)cc1. The van der Waals surface area contributed by atoms with Gasteiger partial charge in [0.05, 0.1) is 19.4 Å². The van der Waals surface area contributed by atoms with Crippen molar-refractivity contribution in [3.05, 3.63) is 65.0 Å². The van der Waals surface area contributed by atoms with Crippen LogP contribution in [0.15, 0.2) is 53.1 Å². The van der Waals surface area contributed by atoms with Crippen LogP contribution in [0.5, 0.6) is 5.75 Å². The summed E-state index contributed by atoms with van der Waals surface area (Å²) in [4.78, 5) is 4.26. The predicted molar refractivity (Wildman–Crippen MR) is 102 cm³/mol. The summed E-state index contributed by atoms with van der Waals surface area (Å²) in [7, 11) is -0.548. The van der Waals surface area contributed by atoms with Gasteiger partial charge in [-0.1, -0.05) is 35.0 Å². The summed E-state index contributed by atoms with van der Waals surface area (Å²) >= 11 is 6.06. The standard InChI is InChI=1S/C18H18ClN3O4S/c1-22(27(23,24)12-14-5-3-4-6-16(14)19)11-17-20-18(21-26-17)13-7-9-15(25-2)10-8-13/h3-10H,11-12H2,1-2H3. The zero-order valence-corrected chi connectivity index (χ0v) is 16.4. The molecular weight excluding hydrogens is 390 g/mol. The first-order chi connectivity index (χ1) is 12.9. The van der Waals surface area contributed by atoms with E-state index in [4.69, 9.17) is 20.9 Å². The van der Waals surface area contributed by atoms with Crippen molar-refractivity contribution in [2.75, 3.05) is 14.2 Å². The van der Waals surface area contributed by atoms with Crippen LogP contribution in [-0.2, 0) is 22.3 Å². The number of methoxy groups -OCH3 is 1. The Hall–Kier alpha value is -2.42. The van der Waals surface area contributed by atoms with Gasteiger partial charge >= 0.3 is 0 Å². The third-order valence-corrected chi connectivity index (χ3v) is 6.07. The van der Waals surface area contributed by atoms with Crippen molar-refractivity contribution in [1.29, 1.82) is 0 Å². The average molecular weight is 408 g/mol. The van der Waals surface area contributed by atoms with E-state index in [9.17, 15) is 8.42 Å². The second kappa shape index (κ2) is 8.08. The molecule has 0 aliphatic carbocycles. The van der Waals surface area contributed by atoms with E-state index >= 15 is 0 Å². The smallest absolute Gasteiger partial charge is 0.242 e. The topological polar surface area (TPSA) is 85.5 Å². The molecule has 0 radical (unpaired) electrons. The minimum atomic E-state index is -3.59. The van der Waals surface area contributed by atoms with Gasteiger partial charge < -0.3 is 9.26 Å². The molecule has 0 spiro atoms. The van der Waals surface area contributed by atoms with E-state index in [1.54, 1.807) is 55.6 Å². The predicted octanol–water partition coefficient (Wildman–Crippen LogP) is 3.36. The third-order valence-electron chi connectivity index (χ3n) is 3.94. The molecule has 1 heterocycles. The summed E-state index contributed by atoms with van der Waals surface area (Å²) in [5, 5.41) is 4.32. The van der Waals surface area contributed by atoms with Gasteiger partial charge in [0, 0.05) is 17.6 Å². The number of sulfonamides is 1. The minimum absolute atomic E-state index is 0.0318. The highest BCUT2D eigenvalue weighted by Gasteiger charge is 2.22. The Morgan fingerprint density at radius 2 is 1.85 bits per heavy atom. The molecule has 0 saturated carbocycles. The first-order valence-corrected chi connectivity index (χ1v) is 10.0. The normalized spacial score (nSPS) is 11.7. The van der Waals surface area contributed by atoms with Crippen LogP contribution in [0.1, 0.15) is 11.5 Å². The van der Waals surface area contributed by atoms with Crippen LogP contribution in [0.4, 0.5) is 0 Å². The fourth-order valence-electron chi connectivity index (χ4n) is 2.39. The van der Waals surface area contributed by atoms with Crippen LogP contribution in [0.25, 0.3) is 11.4 Å². The van der Waals surface area contributed by atoms with E-state index in [-0.39, 0.29) is 18.2 Å². The van der Waals surface area contributed by atoms with E-state index in [1.807, 2.05) is 0 Å². The lowest BCUT2D eigenvalue weighted by Gasteiger charge is -2.15. The summed E-state index contributed by atoms with van der Waals surface area (Å²) in [5.74, 6) is 1.09. The van der Waals surface area contributed by atoms with Gasteiger partial charge in [0.15, 0.2) is 0 Å². The molecule has 2 aromatic carbocycles. The number of benzene rings is 2. The maximum Gasteiger partial charge on any atom is 0.242 e. The molecule has 0 bridgehead atoms. The van der Waals surface area contributed by atoms with E-state index < -0.39 is 10.0 Å². The van der Waals surface area contributed by atoms with Crippen LogP contribution in [-0.4, -0.2) is 37.0 Å². The van der Waals surface area contributed by atoms with Gasteiger partial charge in [0.1, 0.15) is 5.75 Å². The van der Waals surface area contributed by atoms with Gasteiger partial charge in [-0.3, -0.25) is 0 Å². The fourth-order valence-corrected chi connectivity index (χ4v) is 3.84. The van der Waals surface area contributed by atoms with Crippen LogP contribution in [0.3, 0.4) is 0 Å². The van der Waals surface area contributed by atoms with E-state index in [2.05, 4.69) is 10.1 Å². The monoisotopic (exact) mass is 407 g/mol. The zero-order valence-electron chi connectivity index (χ0n) is 14.8. The first-order valence-electron chi connectivity index (χ1n) is 8.03. The van der Waals surface area contributed by atoms with Crippen LogP contribution >= 0.6 is 11.6 Å². The summed E-state index contributed by atoms with van der Waals surface area (Å²) < 4.78 is 36.6. The van der Waals surface area contributed by atoms with Crippen molar-refractivity contribution in [2.24, 2.45) is 0 Å². The number of hydrogen-bond donors (Lipinski definition) is 0. The summed E-state index contributed by atoms with van der Waals surface area (Å²) in [6.07, 6.45) is 0. The third kappa shape index (κ3) is 4.65. The molecule has 1 aromatic heterocycles. The fraction of sp³-hybridized carbons (Fsp3) is 0.222. The Labute approximate surface area is 162 Å². The van der Waals surface area contributed by atoms with Gasteiger partial charge in [-0.25, -0.2) is 8.42 Å². The molecule has 3 aromatic rings. The number of halogens is 1. The van der Waals surface area contributed by atoms with Crippen LogP contribution < -0.4 is 4.74 Å². The Kier molecular flexibility index (Phi) is 5.79. The van der Waals surface area contributed by atoms with Gasteiger partial charge in [-0.15, -0.1) is 0 Å². The highest BCUT2D eigenvalue weighted by molar-refractivity contribution is 7.88. The summed E-state index contributed by atoms with van der Waals surface area (Å²) in [6, 6.07) is 14.0. The van der Waals surface area contributed by atoms with Crippen molar-refractivity contribution in [3.8, 4) is 17.1 Å². The molecule has 0 atom stereocenters. The van der Waals surface area contributed by atoms with E-state index in [0.29, 0.717) is 22.2 Å². The molecule has 7 nitrogen and oxygen atoms in total. The summed E-state index contributed by atoms with van der Waals surface area (Å²) in [6.45, 7) is -0.0318. The van der Waals surface area contributed by atoms with Crippen molar-refractivity contribution in [3.63, 3.8) is 0 Å². The molecule has 0 aliphatic heterocycles. The largest absolute Gasteiger partial charge is 0.497 e. The highest BCUT2D eigenvalue weighted by atomic mass is 35.5. The molecule has 3 rings (SSSR count). The highest BCUT2D eigenvalue weighted by Crippen LogP contribution is 2.22. The molecule has 0 aliphatic rings. The number of hydrogen-bond acceptors (Lipinski definition) is 6. The molecule has 0 fully saturated rings. The van der Waals surface area contributed by atoms with Crippen LogP contribution in [0, 0.1) is 0 Å². The number of nitrogens with zero attached hydrogens (tertiary/aromatic N) is 3. The molecule has 0 amide bonds. The lowest BCUT2D eigenvalue weighted by molar-refractivity contribution is 0.336. The Morgan fingerprint density at radius 1 is 1.15 bits per heavy atom.